The normalized spacial score (nSPS) is 10.3. The molecule has 2 N–H and O–H groups in total. The van der Waals surface area contributed by atoms with E-state index in [4.69, 9.17) is 4.74 Å². The van der Waals surface area contributed by atoms with E-state index in [1.165, 1.54) is 11.3 Å². The van der Waals surface area contributed by atoms with Crippen LogP contribution in [-0.2, 0) is 6.54 Å². The third-order valence-electron chi connectivity index (χ3n) is 2.51. The molecule has 2 aromatic rings. The summed E-state index contributed by atoms with van der Waals surface area (Å²) in [5.74, 6) is 0.840. The number of carbonyl (C=O) groups excluding carboxylic acids is 1. The number of amides is 2. The summed E-state index contributed by atoms with van der Waals surface area (Å²) in [5.41, 5.74) is 1.03. The number of nitrogens with one attached hydrogen (secondary N) is 2. The minimum Gasteiger partial charge on any atom is -0.491 e. The molecule has 20 heavy (non-hydrogen) atoms. The maximum atomic E-state index is 11.7. The van der Waals surface area contributed by atoms with Crippen molar-refractivity contribution in [1.82, 2.24) is 5.32 Å². The fraction of sp³-hybridized carbons (Fsp3) is 0.267. The summed E-state index contributed by atoms with van der Waals surface area (Å²) in [6.45, 7) is 4.47. The van der Waals surface area contributed by atoms with Gasteiger partial charge in [-0.1, -0.05) is 12.1 Å². The van der Waals surface area contributed by atoms with E-state index in [1.54, 1.807) is 0 Å². The van der Waals surface area contributed by atoms with E-state index in [9.17, 15) is 4.79 Å². The zero-order chi connectivity index (χ0) is 14.4. The average Bonchev–Trinajstić information content (AvgIpc) is 2.90. The highest BCUT2D eigenvalue weighted by Crippen LogP contribution is 2.15. The second kappa shape index (κ2) is 6.96. The zero-order valence-electron chi connectivity index (χ0n) is 11.6. The lowest BCUT2D eigenvalue weighted by Gasteiger charge is -2.10. The van der Waals surface area contributed by atoms with Gasteiger partial charge in [0.1, 0.15) is 5.75 Å². The first-order valence-electron chi connectivity index (χ1n) is 6.47. The molecule has 1 heterocycles. The van der Waals surface area contributed by atoms with Crippen LogP contribution in [0.25, 0.3) is 0 Å². The number of anilines is 1. The number of ether oxygens (including phenoxy) is 1. The molecule has 2 amide bonds. The first kappa shape index (κ1) is 14.4. The Labute approximate surface area is 122 Å². The minimum absolute atomic E-state index is 0.163. The third kappa shape index (κ3) is 4.59. The molecule has 0 bridgehead atoms. The topological polar surface area (TPSA) is 50.4 Å². The van der Waals surface area contributed by atoms with Gasteiger partial charge in [0, 0.05) is 6.54 Å². The largest absolute Gasteiger partial charge is 0.491 e. The quantitative estimate of drug-likeness (QED) is 0.878. The fourth-order valence-corrected chi connectivity index (χ4v) is 2.26. The van der Waals surface area contributed by atoms with E-state index in [1.807, 2.05) is 55.6 Å². The van der Waals surface area contributed by atoms with Crippen molar-refractivity contribution in [1.29, 1.82) is 0 Å². The van der Waals surface area contributed by atoms with Crippen molar-refractivity contribution in [2.75, 3.05) is 5.32 Å². The van der Waals surface area contributed by atoms with Crippen LogP contribution in [0.1, 0.15) is 19.4 Å². The van der Waals surface area contributed by atoms with Crippen molar-refractivity contribution in [3.05, 3.63) is 47.3 Å². The summed E-state index contributed by atoms with van der Waals surface area (Å²) in [7, 11) is 0. The molecule has 0 saturated heterocycles. The van der Waals surface area contributed by atoms with Crippen LogP contribution in [-0.4, -0.2) is 12.1 Å². The summed E-state index contributed by atoms with van der Waals surface area (Å²) in [4.78, 5) is 11.7. The fourth-order valence-electron chi connectivity index (χ4n) is 1.65. The number of urea groups is 1. The molecular formula is C15H18N2O2S. The molecule has 2 rings (SSSR count). The van der Waals surface area contributed by atoms with Gasteiger partial charge < -0.3 is 10.1 Å². The SMILES string of the molecule is CC(C)Oc1ccc(CNC(=O)Nc2cccs2)cc1. The van der Waals surface area contributed by atoms with Gasteiger partial charge in [0.05, 0.1) is 11.1 Å². The second-order valence-corrected chi connectivity index (χ2v) is 5.54. The Balaban J connectivity index is 1.80. The van der Waals surface area contributed by atoms with Crippen LogP contribution in [0.4, 0.5) is 9.80 Å². The van der Waals surface area contributed by atoms with Crippen LogP contribution in [0, 0.1) is 0 Å². The minimum atomic E-state index is -0.199. The monoisotopic (exact) mass is 290 g/mol. The van der Waals surface area contributed by atoms with E-state index in [0.717, 1.165) is 16.3 Å². The van der Waals surface area contributed by atoms with Gasteiger partial charge >= 0.3 is 6.03 Å². The van der Waals surface area contributed by atoms with Gasteiger partial charge in [0.25, 0.3) is 0 Å². The van der Waals surface area contributed by atoms with Crippen LogP contribution in [0.5, 0.6) is 5.75 Å². The lowest BCUT2D eigenvalue weighted by molar-refractivity contribution is 0.242. The van der Waals surface area contributed by atoms with E-state index in [2.05, 4.69) is 10.6 Å². The van der Waals surface area contributed by atoms with Crippen molar-refractivity contribution in [2.24, 2.45) is 0 Å². The summed E-state index contributed by atoms with van der Waals surface area (Å²) in [5, 5.41) is 8.34. The Morgan fingerprint density at radius 2 is 2.00 bits per heavy atom. The Morgan fingerprint density at radius 3 is 2.60 bits per heavy atom. The maximum Gasteiger partial charge on any atom is 0.320 e. The lowest BCUT2D eigenvalue weighted by atomic mass is 10.2. The Bertz CT molecular complexity index is 536. The van der Waals surface area contributed by atoms with Gasteiger partial charge in [-0.2, -0.15) is 0 Å². The number of carbonyl (C=O) groups is 1. The van der Waals surface area contributed by atoms with E-state index < -0.39 is 0 Å². The molecule has 1 aromatic carbocycles. The number of hydrogen-bond acceptors (Lipinski definition) is 3. The molecule has 5 heteroatoms. The molecule has 0 radical (unpaired) electrons. The summed E-state index contributed by atoms with van der Waals surface area (Å²) in [6.07, 6.45) is 0.163. The van der Waals surface area contributed by atoms with Crippen molar-refractivity contribution in [3.63, 3.8) is 0 Å². The molecule has 0 spiro atoms. The highest BCUT2D eigenvalue weighted by molar-refractivity contribution is 7.14. The summed E-state index contributed by atoms with van der Waals surface area (Å²) < 4.78 is 5.57. The van der Waals surface area contributed by atoms with E-state index >= 15 is 0 Å². The highest BCUT2D eigenvalue weighted by atomic mass is 32.1. The van der Waals surface area contributed by atoms with Gasteiger partial charge in [-0.15, -0.1) is 11.3 Å². The lowest BCUT2D eigenvalue weighted by Crippen LogP contribution is -2.27. The molecular weight excluding hydrogens is 272 g/mol. The van der Waals surface area contributed by atoms with Gasteiger partial charge in [0.15, 0.2) is 0 Å². The van der Waals surface area contributed by atoms with Crippen LogP contribution in [0.2, 0.25) is 0 Å². The zero-order valence-corrected chi connectivity index (χ0v) is 12.4. The maximum absolute atomic E-state index is 11.7. The Kier molecular flexibility index (Phi) is 5.01. The molecule has 0 atom stereocenters. The van der Waals surface area contributed by atoms with E-state index in [0.29, 0.717) is 6.54 Å². The Morgan fingerprint density at radius 1 is 1.25 bits per heavy atom. The first-order chi connectivity index (χ1) is 9.63. The van der Waals surface area contributed by atoms with Crippen molar-refractivity contribution < 1.29 is 9.53 Å². The molecule has 0 fully saturated rings. The molecule has 0 aliphatic rings. The molecule has 1 aromatic heterocycles. The number of benzene rings is 1. The van der Waals surface area contributed by atoms with Crippen LogP contribution >= 0.6 is 11.3 Å². The van der Waals surface area contributed by atoms with Gasteiger partial charge in [-0.25, -0.2) is 4.79 Å². The standard InChI is InChI=1S/C15H18N2O2S/c1-11(2)19-13-7-5-12(6-8-13)10-16-15(18)17-14-4-3-9-20-14/h3-9,11H,10H2,1-2H3,(H2,16,17,18). The summed E-state index contributed by atoms with van der Waals surface area (Å²) in [6, 6.07) is 11.3. The predicted octanol–water partition coefficient (Wildman–Crippen LogP) is 3.86. The molecule has 0 aliphatic heterocycles. The highest BCUT2D eigenvalue weighted by Gasteiger charge is 2.03. The first-order valence-corrected chi connectivity index (χ1v) is 7.35. The number of thiophene rings is 1. The summed E-state index contributed by atoms with van der Waals surface area (Å²) >= 11 is 1.49. The molecule has 4 nitrogen and oxygen atoms in total. The predicted molar refractivity (Wildman–Crippen MR) is 82.4 cm³/mol. The van der Waals surface area contributed by atoms with Crippen LogP contribution < -0.4 is 15.4 Å². The van der Waals surface area contributed by atoms with Crippen molar-refractivity contribution in [2.45, 2.75) is 26.5 Å². The molecule has 0 saturated carbocycles. The van der Waals surface area contributed by atoms with Gasteiger partial charge in [-0.05, 0) is 49.1 Å². The van der Waals surface area contributed by atoms with Crippen LogP contribution in [0.3, 0.4) is 0 Å². The number of rotatable bonds is 5. The second-order valence-electron chi connectivity index (χ2n) is 4.60. The van der Waals surface area contributed by atoms with Crippen molar-refractivity contribution in [3.8, 4) is 5.75 Å². The number of hydrogen-bond donors (Lipinski definition) is 2. The van der Waals surface area contributed by atoms with Crippen molar-refractivity contribution >= 4 is 22.4 Å². The Hall–Kier alpha value is -2.01. The van der Waals surface area contributed by atoms with E-state index in [-0.39, 0.29) is 12.1 Å². The van der Waals surface area contributed by atoms with Crippen LogP contribution in [0.15, 0.2) is 41.8 Å². The van der Waals surface area contributed by atoms with Gasteiger partial charge in [-0.3, -0.25) is 5.32 Å². The third-order valence-corrected chi connectivity index (χ3v) is 3.29. The van der Waals surface area contributed by atoms with Gasteiger partial charge in [0.2, 0.25) is 0 Å². The molecule has 0 unspecified atom stereocenters. The molecule has 0 aliphatic carbocycles. The average molecular weight is 290 g/mol. The molecule has 106 valence electrons. The smallest absolute Gasteiger partial charge is 0.320 e.